The van der Waals surface area contributed by atoms with Gasteiger partial charge in [-0.1, -0.05) is 0 Å². The van der Waals surface area contributed by atoms with Crippen LogP contribution in [-0.2, 0) is 9.53 Å². The van der Waals surface area contributed by atoms with Crippen LogP contribution >= 0.6 is 0 Å². The summed E-state index contributed by atoms with van der Waals surface area (Å²) in [7, 11) is 1.40. The van der Waals surface area contributed by atoms with Crippen molar-refractivity contribution in [1.29, 1.82) is 0 Å². The zero-order chi connectivity index (χ0) is 9.40. The van der Waals surface area contributed by atoms with E-state index in [4.69, 9.17) is 5.73 Å². The lowest BCUT2D eigenvalue weighted by atomic mass is 10.3. The smallest absolute Gasteiger partial charge is 0.305 e. The molecule has 4 nitrogen and oxygen atoms in total. The molecule has 0 heterocycles. The van der Waals surface area contributed by atoms with Gasteiger partial charge >= 0.3 is 5.97 Å². The Morgan fingerprint density at radius 2 is 2.33 bits per heavy atom. The van der Waals surface area contributed by atoms with Crippen molar-refractivity contribution in [2.45, 2.75) is 25.8 Å². The highest BCUT2D eigenvalue weighted by atomic mass is 16.5. The van der Waals surface area contributed by atoms with E-state index in [-0.39, 0.29) is 5.97 Å². The van der Waals surface area contributed by atoms with Gasteiger partial charge in [0.25, 0.3) is 0 Å². The highest BCUT2D eigenvalue weighted by molar-refractivity contribution is 5.68. The largest absolute Gasteiger partial charge is 0.469 e. The van der Waals surface area contributed by atoms with Gasteiger partial charge in [0, 0.05) is 19.0 Å². The van der Waals surface area contributed by atoms with Crippen molar-refractivity contribution >= 4 is 5.97 Å². The zero-order valence-electron chi connectivity index (χ0n) is 7.80. The minimum absolute atomic E-state index is 0.155. The molecule has 3 N–H and O–H groups in total. The van der Waals surface area contributed by atoms with Crippen LogP contribution in [0, 0.1) is 0 Å². The molecule has 0 saturated heterocycles. The first-order chi connectivity index (χ1) is 5.70. The second kappa shape index (κ2) is 7.06. The van der Waals surface area contributed by atoms with Crippen LogP contribution in [0.25, 0.3) is 0 Å². The molecule has 72 valence electrons. The Hall–Kier alpha value is -0.610. The van der Waals surface area contributed by atoms with E-state index >= 15 is 0 Å². The Balaban J connectivity index is 3.15. The molecule has 0 aromatic heterocycles. The van der Waals surface area contributed by atoms with E-state index in [1.54, 1.807) is 0 Å². The van der Waals surface area contributed by atoms with Gasteiger partial charge in [0.1, 0.15) is 0 Å². The van der Waals surface area contributed by atoms with Crippen molar-refractivity contribution in [3.8, 4) is 0 Å². The highest BCUT2D eigenvalue weighted by Crippen LogP contribution is 1.90. The minimum atomic E-state index is -0.155. The molecule has 0 amide bonds. The number of methoxy groups -OCH3 is 1. The molecule has 0 fully saturated rings. The van der Waals surface area contributed by atoms with Crippen molar-refractivity contribution < 1.29 is 9.53 Å². The summed E-state index contributed by atoms with van der Waals surface area (Å²) in [6.45, 7) is 3.45. The van der Waals surface area contributed by atoms with Gasteiger partial charge in [0.05, 0.1) is 7.11 Å². The normalized spacial score (nSPS) is 12.6. The molecule has 0 saturated carbocycles. The van der Waals surface area contributed by atoms with Crippen molar-refractivity contribution in [2.75, 3.05) is 20.2 Å². The monoisotopic (exact) mass is 174 g/mol. The van der Waals surface area contributed by atoms with Gasteiger partial charge in [0.2, 0.25) is 0 Å². The van der Waals surface area contributed by atoms with E-state index in [2.05, 4.69) is 10.1 Å². The molecule has 0 bridgehead atoms. The second-order valence-corrected chi connectivity index (χ2v) is 2.77. The highest BCUT2D eigenvalue weighted by Gasteiger charge is 2.00. The number of carbonyl (C=O) groups is 1. The van der Waals surface area contributed by atoms with E-state index in [1.165, 1.54) is 7.11 Å². The fourth-order valence-corrected chi connectivity index (χ4v) is 0.767. The van der Waals surface area contributed by atoms with Crippen LogP contribution in [0.1, 0.15) is 19.8 Å². The van der Waals surface area contributed by atoms with Crippen LogP contribution in [0.4, 0.5) is 0 Å². The zero-order valence-corrected chi connectivity index (χ0v) is 7.80. The van der Waals surface area contributed by atoms with Crippen LogP contribution in [0.2, 0.25) is 0 Å². The van der Waals surface area contributed by atoms with E-state index < -0.39 is 0 Å². The third-order valence-electron chi connectivity index (χ3n) is 1.63. The number of hydrogen-bond donors (Lipinski definition) is 2. The molecule has 0 aromatic carbocycles. The Morgan fingerprint density at radius 1 is 1.67 bits per heavy atom. The van der Waals surface area contributed by atoms with Gasteiger partial charge in [-0.15, -0.1) is 0 Å². The van der Waals surface area contributed by atoms with Gasteiger partial charge < -0.3 is 15.8 Å². The quantitative estimate of drug-likeness (QED) is 0.435. The first-order valence-corrected chi connectivity index (χ1v) is 4.21. The average Bonchev–Trinajstić information content (AvgIpc) is 2.11. The summed E-state index contributed by atoms with van der Waals surface area (Å²) in [5.74, 6) is -0.155. The summed E-state index contributed by atoms with van der Waals surface area (Å²) in [4.78, 5) is 10.7. The predicted molar refractivity (Wildman–Crippen MR) is 47.8 cm³/mol. The lowest BCUT2D eigenvalue weighted by Crippen LogP contribution is -2.33. The maximum atomic E-state index is 10.7. The van der Waals surface area contributed by atoms with E-state index in [1.807, 2.05) is 6.92 Å². The Labute approximate surface area is 73.5 Å². The number of hydrogen-bond acceptors (Lipinski definition) is 4. The van der Waals surface area contributed by atoms with Crippen LogP contribution < -0.4 is 11.1 Å². The Kier molecular flexibility index (Phi) is 6.70. The molecule has 4 heteroatoms. The molecule has 0 aliphatic carbocycles. The van der Waals surface area contributed by atoms with Gasteiger partial charge in [-0.2, -0.15) is 0 Å². The summed E-state index contributed by atoms with van der Waals surface area (Å²) in [5, 5.41) is 3.18. The summed E-state index contributed by atoms with van der Waals surface area (Å²) in [6.07, 6.45) is 1.28. The molecule has 12 heavy (non-hydrogen) atoms. The van der Waals surface area contributed by atoms with Crippen molar-refractivity contribution in [2.24, 2.45) is 5.73 Å². The molecule has 0 aliphatic heterocycles. The van der Waals surface area contributed by atoms with Crippen molar-refractivity contribution in [3.05, 3.63) is 0 Å². The van der Waals surface area contributed by atoms with Crippen LogP contribution in [-0.4, -0.2) is 32.2 Å². The fraction of sp³-hybridized carbons (Fsp3) is 0.875. The first kappa shape index (κ1) is 11.4. The van der Waals surface area contributed by atoms with Crippen molar-refractivity contribution in [1.82, 2.24) is 5.32 Å². The van der Waals surface area contributed by atoms with E-state index in [9.17, 15) is 4.79 Å². The van der Waals surface area contributed by atoms with E-state index in [0.717, 1.165) is 13.0 Å². The number of nitrogens with one attached hydrogen (secondary N) is 1. The lowest BCUT2D eigenvalue weighted by molar-refractivity contribution is -0.140. The predicted octanol–water partition coefficient (Wildman–Crippen LogP) is -0.124. The lowest BCUT2D eigenvalue weighted by Gasteiger charge is -2.09. The fourth-order valence-electron chi connectivity index (χ4n) is 0.767. The number of esters is 1. The third kappa shape index (κ3) is 6.12. The molecular weight excluding hydrogens is 156 g/mol. The molecule has 0 spiro atoms. The Morgan fingerprint density at radius 3 is 2.83 bits per heavy atom. The maximum absolute atomic E-state index is 10.7. The Bertz CT molecular complexity index is 128. The standard InChI is InChI=1S/C8H18N2O2/c1-7(6-9)10-5-3-4-8(11)12-2/h7,10H,3-6,9H2,1-2H3. The molecule has 1 unspecified atom stereocenters. The summed E-state index contributed by atoms with van der Waals surface area (Å²) < 4.78 is 4.49. The van der Waals surface area contributed by atoms with Crippen LogP contribution in [0.15, 0.2) is 0 Å². The summed E-state index contributed by atoms with van der Waals surface area (Å²) in [6, 6.07) is 0.322. The number of nitrogens with two attached hydrogens (primary N) is 1. The van der Waals surface area contributed by atoms with Gasteiger partial charge in [-0.25, -0.2) is 0 Å². The molecule has 0 rings (SSSR count). The van der Waals surface area contributed by atoms with Crippen molar-refractivity contribution in [3.63, 3.8) is 0 Å². The van der Waals surface area contributed by atoms with Crippen LogP contribution in [0.3, 0.4) is 0 Å². The van der Waals surface area contributed by atoms with Crippen LogP contribution in [0.5, 0.6) is 0 Å². The average molecular weight is 174 g/mol. The number of ether oxygens (including phenoxy) is 1. The number of carbonyl (C=O) groups excluding carboxylic acids is 1. The third-order valence-corrected chi connectivity index (χ3v) is 1.63. The summed E-state index contributed by atoms with van der Waals surface area (Å²) in [5.41, 5.74) is 5.39. The molecule has 0 aromatic rings. The van der Waals surface area contributed by atoms with Gasteiger partial charge in [-0.05, 0) is 19.9 Å². The topological polar surface area (TPSA) is 64.3 Å². The first-order valence-electron chi connectivity index (χ1n) is 4.21. The second-order valence-electron chi connectivity index (χ2n) is 2.77. The van der Waals surface area contributed by atoms with Gasteiger partial charge in [0.15, 0.2) is 0 Å². The van der Waals surface area contributed by atoms with E-state index in [0.29, 0.717) is 19.0 Å². The summed E-state index contributed by atoms with van der Waals surface area (Å²) >= 11 is 0. The molecule has 0 radical (unpaired) electrons. The SMILES string of the molecule is COC(=O)CCCNC(C)CN. The molecule has 1 atom stereocenters. The number of rotatable bonds is 6. The maximum Gasteiger partial charge on any atom is 0.305 e. The minimum Gasteiger partial charge on any atom is -0.469 e. The molecular formula is C8H18N2O2. The van der Waals surface area contributed by atoms with Gasteiger partial charge in [-0.3, -0.25) is 4.79 Å². The molecule has 0 aliphatic rings.